The van der Waals surface area contributed by atoms with Crippen molar-refractivity contribution in [1.29, 1.82) is 0 Å². The minimum Gasteiger partial charge on any atom is -0.494 e. The number of carbonyl (C=O) groups excluding carboxylic acids is 1. The van der Waals surface area contributed by atoms with Crippen molar-refractivity contribution in [3.63, 3.8) is 0 Å². The first-order valence-electron chi connectivity index (χ1n) is 5.29. The van der Waals surface area contributed by atoms with Gasteiger partial charge in [-0.2, -0.15) is 0 Å². The van der Waals surface area contributed by atoms with Crippen molar-refractivity contribution in [3.05, 3.63) is 29.8 Å². The van der Waals surface area contributed by atoms with Gasteiger partial charge in [-0.25, -0.2) is 0 Å². The molecule has 1 aliphatic heterocycles. The molecule has 0 bridgehead atoms. The summed E-state index contributed by atoms with van der Waals surface area (Å²) < 4.78 is 5.36. The molecule has 1 aromatic rings. The van der Waals surface area contributed by atoms with Crippen molar-refractivity contribution in [2.45, 2.75) is 19.3 Å². The van der Waals surface area contributed by atoms with E-state index in [1.165, 1.54) is 5.56 Å². The average molecular weight is 205 g/mol. The molecule has 0 radical (unpaired) electrons. The second-order valence-corrected chi connectivity index (χ2v) is 3.71. The van der Waals surface area contributed by atoms with E-state index in [4.69, 9.17) is 4.74 Å². The van der Waals surface area contributed by atoms with Crippen LogP contribution in [0.1, 0.15) is 24.8 Å². The predicted molar refractivity (Wildman–Crippen MR) is 58.0 cm³/mol. The normalized spacial score (nSPS) is 20.1. The summed E-state index contributed by atoms with van der Waals surface area (Å²) in [4.78, 5) is 11.1. The molecule has 1 amide bonds. The van der Waals surface area contributed by atoms with Gasteiger partial charge in [-0.15, -0.1) is 0 Å². The maximum absolute atomic E-state index is 11.1. The highest BCUT2D eigenvalue weighted by atomic mass is 16.5. The number of nitrogens with one attached hydrogen (secondary N) is 1. The Morgan fingerprint density at radius 3 is 2.67 bits per heavy atom. The number of rotatable bonds is 3. The monoisotopic (exact) mass is 205 g/mol. The lowest BCUT2D eigenvalue weighted by Gasteiger charge is -2.08. The van der Waals surface area contributed by atoms with E-state index < -0.39 is 0 Å². The van der Waals surface area contributed by atoms with Gasteiger partial charge in [0, 0.05) is 18.9 Å². The third-order valence-corrected chi connectivity index (χ3v) is 2.64. The Balaban J connectivity index is 2.06. The maximum atomic E-state index is 11.1. The summed E-state index contributed by atoms with van der Waals surface area (Å²) in [6.07, 6.45) is 0.605. The maximum Gasteiger partial charge on any atom is 0.220 e. The van der Waals surface area contributed by atoms with Crippen LogP contribution in [0.5, 0.6) is 5.75 Å². The number of ether oxygens (including phenoxy) is 1. The fourth-order valence-corrected chi connectivity index (χ4v) is 1.84. The van der Waals surface area contributed by atoms with Crippen molar-refractivity contribution in [2.24, 2.45) is 0 Å². The first-order chi connectivity index (χ1) is 7.29. The van der Waals surface area contributed by atoms with E-state index in [1.54, 1.807) is 0 Å². The zero-order valence-electron chi connectivity index (χ0n) is 8.82. The van der Waals surface area contributed by atoms with E-state index in [9.17, 15) is 4.79 Å². The van der Waals surface area contributed by atoms with Crippen molar-refractivity contribution < 1.29 is 9.53 Å². The van der Waals surface area contributed by atoms with E-state index in [0.717, 1.165) is 12.3 Å². The Kier molecular flexibility index (Phi) is 2.90. The molecular formula is C12H15NO2. The summed E-state index contributed by atoms with van der Waals surface area (Å²) in [5.41, 5.74) is 1.21. The van der Waals surface area contributed by atoms with Crippen molar-refractivity contribution in [3.8, 4) is 5.75 Å². The first kappa shape index (κ1) is 10.0. The summed E-state index contributed by atoms with van der Waals surface area (Å²) in [6.45, 7) is 3.41. The predicted octanol–water partition coefficient (Wildman–Crippen LogP) is 1.69. The zero-order valence-corrected chi connectivity index (χ0v) is 8.82. The molecule has 1 atom stereocenters. The van der Waals surface area contributed by atoms with E-state index in [1.807, 2.05) is 31.2 Å². The van der Waals surface area contributed by atoms with Gasteiger partial charge in [-0.1, -0.05) is 12.1 Å². The van der Waals surface area contributed by atoms with Gasteiger partial charge >= 0.3 is 0 Å². The standard InChI is InChI=1S/C12H15NO2/c1-2-15-11-5-3-9(4-6-11)10-7-12(14)13-8-10/h3-6,10H,2,7-8H2,1H3,(H,13,14)/t10-/m1/s1. The highest BCUT2D eigenvalue weighted by Crippen LogP contribution is 2.24. The molecule has 1 heterocycles. The van der Waals surface area contributed by atoms with Crippen molar-refractivity contribution in [1.82, 2.24) is 5.32 Å². The van der Waals surface area contributed by atoms with Gasteiger partial charge in [-0.05, 0) is 24.6 Å². The molecule has 3 nitrogen and oxygen atoms in total. The summed E-state index contributed by atoms with van der Waals surface area (Å²) in [6, 6.07) is 8.00. The fourth-order valence-electron chi connectivity index (χ4n) is 1.84. The van der Waals surface area contributed by atoms with Gasteiger partial charge in [0.1, 0.15) is 5.75 Å². The molecule has 15 heavy (non-hydrogen) atoms. The van der Waals surface area contributed by atoms with Gasteiger partial charge in [-0.3, -0.25) is 4.79 Å². The molecule has 0 unspecified atom stereocenters. The van der Waals surface area contributed by atoms with Crippen LogP contribution in [0.25, 0.3) is 0 Å². The van der Waals surface area contributed by atoms with Crippen LogP contribution in [-0.2, 0) is 4.79 Å². The molecule has 0 saturated carbocycles. The molecule has 80 valence electrons. The minimum absolute atomic E-state index is 0.147. The SMILES string of the molecule is CCOc1ccc([C@H]2CNC(=O)C2)cc1. The number of amides is 1. The Morgan fingerprint density at radius 2 is 2.13 bits per heavy atom. The largest absolute Gasteiger partial charge is 0.494 e. The molecule has 0 aliphatic carbocycles. The summed E-state index contributed by atoms with van der Waals surface area (Å²) in [5, 5.41) is 2.84. The zero-order chi connectivity index (χ0) is 10.7. The van der Waals surface area contributed by atoms with E-state index >= 15 is 0 Å². The second kappa shape index (κ2) is 4.34. The fraction of sp³-hybridized carbons (Fsp3) is 0.417. The molecule has 1 aromatic carbocycles. The summed E-state index contributed by atoms with van der Waals surface area (Å²) in [7, 11) is 0. The molecule has 1 fully saturated rings. The molecule has 3 heteroatoms. The number of hydrogen-bond donors (Lipinski definition) is 1. The molecule has 1 N–H and O–H groups in total. The first-order valence-corrected chi connectivity index (χ1v) is 5.29. The number of carbonyl (C=O) groups is 1. The van der Waals surface area contributed by atoms with Gasteiger partial charge in [0.05, 0.1) is 6.61 Å². The third-order valence-electron chi connectivity index (χ3n) is 2.64. The van der Waals surface area contributed by atoms with Gasteiger partial charge in [0.2, 0.25) is 5.91 Å². The lowest BCUT2D eigenvalue weighted by Crippen LogP contribution is -2.13. The second-order valence-electron chi connectivity index (χ2n) is 3.71. The lowest BCUT2D eigenvalue weighted by molar-refractivity contribution is -0.119. The van der Waals surface area contributed by atoms with Gasteiger partial charge in [0.25, 0.3) is 0 Å². The van der Waals surface area contributed by atoms with E-state index in [0.29, 0.717) is 18.9 Å². The Hall–Kier alpha value is -1.51. The van der Waals surface area contributed by atoms with Gasteiger partial charge in [0.15, 0.2) is 0 Å². The van der Waals surface area contributed by atoms with Crippen LogP contribution in [-0.4, -0.2) is 19.1 Å². The summed E-state index contributed by atoms with van der Waals surface area (Å²) >= 11 is 0. The van der Waals surface area contributed by atoms with Crippen molar-refractivity contribution in [2.75, 3.05) is 13.2 Å². The number of hydrogen-bond acceptors (Lipinski definition) is 2. The average Bonchev–Trinajstić information content (AvgIpc) is 2.67. The highest BCUT2D eigenvalue weighted by molar-refractivity contribution is 5.79. The molecule has 2 rings (SSSR count). The highest BCUT2D eigenvalue weighted by Gasteiger charge is 2.22. The molecule has 0 spiro atoms. The van der Waals surface area contributed by atoms with Crippen LogP contribution in [0, 0.1) is 0 Å². The van der Waals surface area contributed by atoms with Crippen LogP contribution in [0.3, 0.4) is 0 Å². The van der Waals surface area contributed by atoms with Gasteiger partial charge < -0.3 is 10.1 Å². The summed E-state index contributed by atoms with van der Waals surface area (Å²) in [5.74, 6) is 1.36. The van der Waals surface area contributed by atoms with E-state index in [-0.39, 0.29) is 5.91 Å². The van der Waals surface area contributed by atoms with Crippen LogP contribution in [0.2, 0.25) is 0 Å². The Labute approximate surface area is 89.4 Å². The molecule has 1 saturated heterocycles. The van der Waals surface area contributed by atoms with Crippen molar-refractivity contribution >= 4 is 5.91 Å². The smallest absolute Gasteiger partial charge is 0.220 e. The Morgan fingerprint density at radius 1 is 1.40 bits per heavy atom. The number of benzene rings is 1. The molecule has 0 aromatic heterocycles. The Bertz CT molecular complexity index is 345. The molecule has 1 aliphatic rings. The third kappa shape index (κ3) is 2.29. The van der Waals surface area contributed by atoms with E-state index in [2.05, 4.69) is 5.32 Å². The van der Waals surface area contributed by atoms with Crippen LogP contribution in [0.15, 0.2) is 24.3 Å². The quantitative estimate of drug-likeness (QED) is 0.815. The van der Waals surface area contributed by atoms with Crippen LogP contribution >= 0.6 is 0 Å². The lowest BCUT2D eigenvalue weighted by atomic mass is 9.98. The van der Waals surface area contributed by atoms with Crippen LogP contribution in [0.4, 0.5) is 0 Å². The topological polar surface area (TPSA) is 38.3 Å². The minimum atomic E-state index is 0.147. The molecular weight excluding hydrogens is 190 g/mol. The van der Waals surface area contributed by atoms with Crippen LogP contribution < -0.4 is 10.1 Å².